The zero-order chi connectivity index (χ0) is 24.0. The first-order valence-electron chi connectivity index (χ1n) is 12.0. The monoisotopic (exact) mass is 500 g/mol. The van der Waals surface area contributed by atoms with Crippen LogP contribution < -0.4 is 21.2 Å². The molecular formula is C30H30O3P2. The first-order chi connectivity index (χ1) is 17.2. The van der Waals surface area contributed by atoms with Crippen molar-refractivity contribution < 1.29 is 13.8 Å². The maximum Gasteiger partial charge on any atom is 0.118 e. The van der Waals surface area contributed by atoms with Crippen LogP contribution in [0.3, 0.4) is 0 Å². The lowest BCUT2D eigenvalue weighted by atomic mass is 10.1. The zero-order valence-electron chi connectivity index (χ0n) is 20.0. The van der Waals surface area contributed by atoms with E-state index in [1.807, 2.05) is 24.3 Å². The summed E-state index contributed by atoms with van der Waals surface area (Å²) in [5, 5.41) is 4.75. The van der Waals surface area contributed by atoms with Crippen molar-refractivity contribution >= 4 is 37.5 Å². The highest BCUT2D eigenvalue weighted by Crippen LogP contribution is 2.45. The van der Waals surface area contributed by atoms with Crippen molar-refractivity contribution in [3.8, 4) is 0 Å². The smallest absolute Gasteiger partial charge is 0.118 e. The van der Waals surface area contributed by atoms with Crippen molar-refractivity contribution in [2.75, 3.05) is 0 Å². The molecule has 35 heavy (non-hydrogen) atoms. The van der Waals surface area contributed by atoms with Gasteiger partial charge in [-0.3, -0.25) is 0 Å². The van der Waals surface area contributed by atoms with Crippen molar-refractivity contribution in [1.82, 2.24) is 0 Å². The molecule has 0 bridgehead atoms. The Bertz CT molecular complexity index is 1000. The van der Waals surface area contributed by atoms with Crippen LogP contribution in [0.15, 0.2) is 121 Å². The lowest BCUT2D eigenvalue weighted by Gasteiger charge is -2.31. The van der Waals surface area contributed by atoms with E-state index < -0.39 is 16.3 Å². The maximum absolute atomic E-state index is 6.98. The van der Waals surface area contributed by atoms with E-state index in [2.05, 4.69) is 111 Å². The summed E-state index contributed by atoms with van der Waals surface area (Å²) >= 11 is 0. The molecule has 1 aliphatic heterocycles. The highest BCUT2D eigenvalue weighted by atomic mass is 31.1. The Hall–Kier alpha value is -2.38. The average Bonchev–Trinajstić information content (AvgIpc) is 3.19. The molecule has 4 aromatic carbocycles. The van der Waals surface area contributed by atoms with Crippen molar-refractivity contribution in [1.29, 1.82) is 0 Å². The molecule has 5 heteroatoms. The molecule has 0 radical (unpaired) electrons. The predicted molar refractivity (Wildman–Crippen MR) is 148 cm³/mol. The highest BCUT2D eigenvalue weighted by Gasteiger charge is 2.45. The van der Waals surface area contributed by atoms with Gasteiger partial charge in [-0.25, -0.2) is 0 Å². The van der Waals surface area contributed by atoms with Gasteiger partial charge in [0.15, 0.2) is 0 Å². The molecule has 0 saturated carbocycles. The van der Waals surface area contributed by atoms with E-state index in [1.54, 1.807) is 0 Å². The third kappa shape index (κ3) is 5.72. The van der Waals surface area contributed by atoms with E-state index in [0.717, 1.165) is 0 Å². The van der Waals surface area contributed by atoms with Gasteiger partial charge < -0.3 is 13.8 Å². The molecule has 0 aromatic heterocycles. The summed E-state index contributed by atoms with van der Waals surface area (Å²) in [6.07, 6.45) is -0.519. The second-order valence-corrected chi connectivity index (χ2v) is 12.3. The Morgan fingerprint density at radius 1 is 0.457 bits per heavy atom. The Morgan fingerprint density at radius 2 is 0.714 bits per heavy atom. The molecule has 5 rings (SSSR count). The maximum atomic E-state index is 6.98. The van der Waals surface area contributed by atoms with E-state index in [1.165, 1.54) is 21.2 Å². The van der Waals surface area contributed by atoms with E-state index in [4.69, 9.17) is 13.8 Å². The predicted octanol–water partition coefficient (Wildman–Crippen LogP) is 5.66. The van der Waals surface area contributed by atoms with Crippen LogP contribution in [0.25, 0.3) is 0 Å². The van der Waals surface area contributed by atoms with Crippen LogP contribution >= 0.6 is 16.3 Å². The number of hydrogen-bond donors (Lipinski definition) is 0. The molecule has 0 aliphatic carbocycles. The van der Waals surface area contributed by atoms with Crippen molar-refractivity contribution in [3.63, 3.8) is 0 Å². The molecule has 0 amide bonds. The molecule has 1 saturated heterocycles. The Balaban J connectivity index is 1.47. The lowest BCUT2D eigenvalue weighted by molar-refractivity contribution is 0.0351. The average molecular weight is 501 g/mol. The van der Waals surface area contributed by atoms with Gasteiger partial charge in [-0.1, -0.05) is 121 Å². The molecule has 0 unspecified atom stereocenters. The molecule has 1 fully saturated rings. The quantitative estimate of drug-likeness (QED) is 0.292. The van der Waals surface area contributed by atoms with E-state index in [9.17, 15) is 0 Å². The van der Waals surface area contributed by atoms with Crippen LogP contribution in [0, 0.1) is 0 Å². The first kappa shape index (κ1) is 24.3. The van der Waals surface area contributed by atoms with Crippen molar-refractivity contribution in [3.05, 3.63) is 121 Å². The molecule has 178 valence electrons. The molecule has 3 nitrogen and oxygen atoms in total. The topological polar surface area (TPSA) is 27.7 Å². The summed E-state index contributed by atoms with van der Waals surface area (Å²) in [6.45, 7) is 4.20. The molecule has 4 aromatic rings. The summed E-state index contributed by atoms with van der Waals surface area (Å²) in [6, 6.07) is 42.0. The second-order valence-electron chi connectivity index (χ2n) is 8.62. The van der Waals surface area contributed by atoms with Crippen LogP contribution in [0.5, 0.6) is 0 Å². The van der Waals surface area contributed by atoms with Gasteiger partial charge in [-0.05, 0) is 13.8 Å². The van der Waals surface area contributed by atoms with Crippen molar-refractivity contribution in [2.24, 2.45) is 0 Å². The van der Waals surface area contributed by atoms with E-state index in [0.29, 0.717) is 0 Å². The molecule has 1 heterocycles. The normalized spacial score (nSPS) is 22.1. The minimum Gasteiger partial charge on any atom is -0.370 e. The summed E-state index contributed by atoms with van der Waals surface area (Å²) < 4.78 is 20.3. The van der Waals surface area contributed by atoms with E-state index in [-0.39, 0.29) is 24.4 Å². The van der Waals surface area contributed by atoms with Crippen LogP contribution in [0.1, 0.15) is 13.8 Å². The molecule has 0 N–H and O–H groups in total. The van der Waals surface area contributed by atoms with Crippen LogP contribution in [-0.4, -0.2) is 24.4 Å². The Kier molecular flexibility index (Phi) is 8.04. The van der Waals surface area contributed by atoms with Gasteiger partial charge in [-0.2, -0.15) is 0 Å². The van der Waals surface area contributed by atoms with Gasteiger partial charge in [0.05, 0.1) is 28.5 Å². The van der Waals surface area contributed by atoms with Gasteiger partial charge in [-0.15, -0.1) is 0 Å². The fourth-order valence-corrected chi connectivity index (χ4v) is 8.28. The summed E-state index contributed by atoms with van der Waals surface area (Å²) in [4.78, 5) is 0. The third-order valence-electron chi connectivity index (χ3n) is 6.10. The molecule has 0 spiro atoms. The third-order valence-corrected chi connectivity index (χ3v) is 10.1. The van der Waals surface area contributed by atoms with Gasteiger partial charge in [0.1, 0.15) is 12.2 Å². The van der Waals surface area contributed by atoms with Gasteiger partial charge in [0, 0.05) is 21.2 Å². The van der Waals surface area contributed by atoms with Crippen molar-refractivity contribution in [2.45, 2.75) is 38.3 Å². The Labute approximate surface area is 210 Å². The lowest BCUT2D eigenvalue weighted by Crippen LogP contribution is -2.37. The summed E-state index contributed by atoms with van der Waals surface area (Å²) in [7, 11) is -2.04. The van der Waals surface area contributed by atoms with Gasteiger partial charge in [0.25, 0.3) is 0 Å². The number of ether oxygens (including phenoxy) is 1. The van der Waals surface area contributed by atoms with Crippen LogP contribution in [0.4, 0.5) is 0 Å². The molecule has 4 atom stereocenters. The highest BCUT2D eigenvalue weighted by molar-refractivity contribution is 7.69. The minimum atomic E-state index is -1.02. The van der Waals surface area contributed by atoms with Crippen LogP contribution in [-0.2, 0) is 13.8 Å². The Morgan fingerprint density at radius 3 is 0.971 bits per heavy atom. The number of benzene rings is 4. The fourth-order valence-electron chi connectivity index (χ4n) is 4.36. The molecule has 1 aliphatic rings. The molecular weight excluding hydrogens is 470 g/mol. The summed E-state index contributed by atoms with van der Waals surface area (Å²) in [5.74, 6) is 0. The van der Waals surface area contributed by atoms with E-state index >= 15 is 0 Å². The second kappa shape index (κ2) is 11.6. The first-order valence-corrected chi connectivity index (χ1v) is 14.5. The van der Waals surface area contributed by atoms with Crippen LogP contribution in [0.2, 0.25) is 0 Å². The minimum absolute atomic E-state index is 0.0733. The standard InChI is InChI=1S/C30H30O3P2/c1-23-29(32-34(25-15-7-3-8-16-25)26-17-9-4-10-18-26)30(24(2)31-23)33-35(27-19-11-5-12-20-27)28-21-13-6-14-22-28/h3-24,29-30H,1-2H3/t23-,24-,29-,30-/m1/s1. The SMILES string of the molecule is C[C@H]1O[C@H](C)[C@@H](OP(c2ccccc2)c2ccccc2)[C@@H]1OP(c1ccccc1)c1ccccc1. The summed E-state index contributed by atoms with van der Waals surface area (Å²) in [5.41, 5.74) is 0. The van der Waals surface area contributed by atoms with Gasteiger partial charge >= 0.3 is 0 Å². The number of rotatable bonds is 8. The fraction of sp³-hybridized carbons (Fsp3) is 0.200. The van der Waals surface area contributed by atoms with Gasteiger partial charge in [0.2, 0.25) is 0 Å². The largest absolute Gasteiger partial charge is 0.370 e. The zero-order valence-corrected chi connectivity index (χ0v) is 21.8. The number of hydrogen-bond acceptors (Lipinski definition) is 3.